The van der Waals surface area contributed by atoms with E-state index in [1.54, 1.807) is 0 Å². The third-order valence-electron chi connectivity index (χ3n) is 2.13. The van der Waals surface area contributed by atoms with E-state index in [0.717, 1.165) is 6.42 Å². The molecule has 1 aliphatic rings. The van der Waals surface area contributed by atoms with Crippen LogP contribution < -0.4 is 5.32 Å². The highest BCUT2D eigenvalue weighted by Gasteiger charge is 2.35. The molecule has 0 aromatic rings. The Morgan fingerprint density at radius 2 is 2.36 bits per heavy atom. The van der Waals surface area contributed by atoms with E-state index in [4.69, 9.17) is 5.11 Å². The molecular formula is C8H15NO2. The molecule has 0 saturated carbocycles. The molecule has 0 amide bonds. The van der Waals surface area contributed by atoms with Gasteiger partial charge < -0.3 is 10.4 Å². The standard InChI is InChI=1S/C8H15NO2/c1-5(2)3-7-6(4-9-7)8(10)11/h5-7,9H,3-4H2,1-2H3,(H,10,11). The molecule has 2 N–H and O–H groups in total. The predicted octanol–water partition coefficient (Wildman–Crippen LogP) is 0.705. The van der Waals surface area contributed by atoms with Crippen LogP contribution in [0.3, 0.4) is 0 Å². The fraction of sp³-hybridized carbons (Fsp3) is 0.875. The van der Waals surface area contributed by atoms with Crippen molar-refractivity contribution in [2.24, 2.45) is 11.8 Å². The lowest BCUT2D eigenvalue weighted by atomic mass is 9.86. The second kappa shape index (κ2) is 3.22. The summed E-state index contributed by atoms with van der Waals surface area (Å²) in [4.78, 5) is 10.5. The Morgan fingerprint density at radius 3 is 2.64 bits per heavy atom. The summed E-state index contributed by atoms with van der Waals surface area (Å²) >= 11 is 0. The van der Waals surface area contributed by atoms with Gasteiger partial charge in [0.05, 0.1) is 5.92 Å². The van der Waals surface area contributed by atoms with Crippen LogP contribution in [0.2, 0.25) is 0 Å². The van der Waals surface area contributed by atoms with E-state index in [1.165, 1.54) is 0 Å². The summed E-state index contributed by atoms with van der Waals surface area (Å²) in [5.41, 5.74) is 0. The van der Waals surface area contributed by atoms with Crippen LogP contribution in [0.4, 0.5) is 0 Å². The van der Waals surface area contributed by atoms with Gasteiger partial charge in [-0.1, -0.05) is 13.8 Å². The van der Waals surface area contributed by atoms with Gasteiger partial charge in [-0.25, -0.2) is 0 Å². The Morgan fingerprint density at radius 1 is 1.73 bits per heavy atom. The molecule has 0 aromatic carbocycles. The molecule has 0 spiro atoms. The summed E-state index contributed by atoms with van der Waals surface area (Å²) in [7, 11) is 0. The number of carboxylic acids is 1. The number of nitrogens with one attached hydrogen (secondary N) is 1. The maximum Gasteiger partial charge on any atom is 0.309 e. The summed E-state index contributed by atoms with van der Waals surface area (Å²) in [5.74, 6) is -0.221. The van der Waals surface area contributed by atoms with Crippen LogP contribution >= 0.6 is 0 Å². The maximum absolute atomic E-state index is 10.5. The first-order valence-electron chi connectivity index (χ1n) is 4.07. The van der Waals surface area contributed by atoms with E-state index in [0.29, 0.717) is 12.5 Å². The first kappa shape index (κ1) is 8.53. The lowest BCUT2D eigenvalue weighted by Crippen LogP contribution is -2.56. The van der Waals surface area contributed by atoms with Crippen LogP contribution in [0.15, 0.2) is 0 Å². The van der Waals surface area contributed by atoms with Gasteiger partial charge in [0.2, 0.25) is 0 Å². The van der Waals surface area contributed by atoms with Gasteiger partial charge >= 0.3 is 5.97 Å². The van der Waals surface area contributed by atoms with Crippen molar-refractivity contribution in [3.05, 3.63) is 0 Å². The lowest BCUT2D eigenvalue weighted by Gasteiger charge is -2.36. The molecule has 1 aliphatic heterocycles. The van der Waals surface area contributed by atoms with Crippen LogP contribution in [-0.4, -0.2) is 23.7 Å². The second-order valence-electron chi connectivity index (χ2n) is 3.59. The Hall–Kier alpha value is -0.570. The fourth-order valence-electron chi connectivity index (χ4n) is 1.42. The van der Waals surface area contributed by atoms with E-state index in [1.807, 2.05) is 0 Å². The average Bonchev–Trinajstić information content (AvgIpc) is 1.78. The molecule has 3 heteroatoms. The molecule has 1 rings (SSSR count). The van der Waals surface area contributed by atoms with Crippen molar-refractivity contribution in [1.29, 1.82) is 0 Å². The summed E-state index contributed by atoms with van der Waals surface area (Å²) in [6.45, 7) is 4.87. The SMILES string of the molecule is CC(C)CC1NCC1C(=O)O. The van der Waals surface area contributed by atoms with E-state index in [-0.39, 0.29) is 12.0 Å². The van der Waals surface area contributed by atoms with Crippen LogP contribution in [0.5, 0.6) is 0 Å². The molecule has 2 unspecified atom stereocenters. The number of rotatable bonds is 3. The molecule has 0 radical (unpaired) electrons. The first-order chi connectivity index (χ1) is 5.11. The average molecular weight is 157 g/mol. The van der Waals surface area contributed by atoms with Crippen LogP contribution in [0.1, 0.15) is 20.3 Å². The summed E-state index contributed by atoms with van der Waals surface area (Å²) in [5, 5.41) is 11.8. The zero-order chi connectivity index (χ0) is 8.43. The van der Waals surface area contributed by atoms with Gasteiger partial charge in [0, 0.05) is 12.6 Å². The van der Waals surface area contributed by atoms with E-state index < -0.39 is 5.97 Å². The van der Waals surface area contributed by atoms with Crippen molar-refractivity contribution in [3.63, 3.8) is 0 Å². The summed E-state index contributed by atoms with van der Waals surface area (Å²) in [6, 6.07) is 0.215. The Kier molecular flexibility index (Phi) is 2.49. The molecule has 1 fully saturated rings. The molecule has 64 valence electrons. The zero-order valence-electron chi connectivity index (χ0n) is 7.00. The minimum absolute atomic E-state index is 0.141. The van der Waals surface area contributed by atoms with Crippen molar-refractivity contribution in [3.8, 4) is 0 Å². The van der Waals surface area contributed by atoms with Crippen LogP contribution in [0, 0.1) is 11.8 Å². The molecule has 1 saturated heterocycles. The number of carboxylic acid groups (broad SMARTS) is 1. The molecule has 0 aromatic heterocycles. The van der Waals surface area contributed by atoms with Gasteiger partial charge in [0.15, 0.2) is 0 Å². The topological polar surface area (TPSA) is 49.3 Å². The van der Waals surface area contributed by atoms with Gasteiger partial charge in [-0.2, -0.15) is 0 Å². The lowest BCUT2D eigenvalue weighted by molar-refractivity contribution is -0.145. The quantitative estimate of drug-likeness (QED) is 0.634. The zero-order valence-corrected chi connectivity index (χ0v) is 7.00. The Bertz CT molecular complexity index is 156. The smallest absolute Gasteiger partial charge is 0.309 e. The Labute approximate surface area is 66.8 Å². The van der Waals surface area contributed by atoms with Gasteiger partial charge in [0.25, 0.3) is 0 Å². The van der Waals surface area contributed by atoms with Crippen LogP contribution in [-0.2, 0) is 4.79 Å². The normalized spacial score (nSPS) is 30.1. The van der Waals surface area contributed by atoms with E-state index in [9.17, 15) is 4.79 Å². The highest BCUT2D eigenvalue weighted by Crippen LogP contribution is 2.20. The molecule has 0 bridgehead atoms. The molecule has 2 atom stereocenters. The minimum Gasteiger partial charge on any atom is -0.481 e. The molecule has 11 heavy (non-hydrogen) atoms. The van der Waals surface area contributed by atoms with Crippen molar-refractivity contribution >= 4 is 5.97 Å². The molecule has 3 nitrogen and oxygen atoms in total. The monoisotopic (exact) mass is 157 g/mol. The highest BCUT2D eigenvalue weighted by molar-refractivity contribution is 5.72. The van der Waals surface area contributed by atoms with Crippen molar-refractivity contribution in [2.45, 2.75) is 26.3 Å². The van der Waals surface area contributed by atoms with Gasteiger partial charge in [-0.3, -0.25) is 4.79 Å². The summed E-state index contributed by atoms with van der Waals surface area (Å²) in [6.07, 6.45) is 0.969. The third-order valence-corrected chi connectivity index (χ3v) is 2.13. The number of hydrogen-bond donors (Lipinski definition) is 2. The van der Waals surface area contributed by atoms with E-state index >= 15 is 0 Å². The molecule has 0 aliphatic carbocycles. The Balaban J connectivity index is 2.31. The number of aliphatic carboxylic acids is 1. The fourth-order valence-corrected chi connectivity index (χ4v) is 1.42. The minimum atomic E-state index is -0.658. The number of hydrogen-bond acceptors (Lipinski definition) is 2. The summed E-state index contributed by atoms with van der Waals surface area (Å²) < 4.78 is 0. The van der Waals surface area contributed by atoms with Crippen LogP contribution in [0.25, 0.3) is 0 Å². The van der Waals surface area contributed by atoms with Crippen molar-refractivity contribution < 1.29 is 9.90 Å². The van der Waals surface area contributed by atoms with E-state index in [2.05, 4.69) is 19.2 Å². The largest absolute Gasteiger partial charge is 0.481 e. The number of carbonyl (C=O) groups is 1. The van der Waals surface area contributed by atoms with Gasteiger partial charge in [0.1, 0.15) is 0 Å². The highest BCUT2D eigenvalue weighted by atomic mass is 16.4. The maximum atomic E-state index is 10.5. The van der Waals surface area contributed by atoms with Crippen molar-refractivity contribution in [2.75, 3.05) is 6.54 Å². The van der Waals surface area contributed by atoms with Gasteiger partial charge in [-0.05, 0) is 12.3 Å². The first-order valence-corrected chi connectivity index (χ1v) is 4.07. The predicted molar refractivity (Wildman–Crippen MR) is 42.4 cm³/mol. The molecule has 1 heterocycles. The van der Waals surface area contributed by atoms with Gasteiger partial charge in [-0.15, -0.1) is 0 Å². The second-order valence-corrected chi connectivity index (χ2v) is 3.59. The van der Waals surface area contributed by atoms with Crippen molar-refractivity contribution in [1.82, 2.24) is 5.32 Å². The third kappa shape index (κ3) is 1.93. The molecular weight excluding hydrogens is 142 g/mol.